The summed E-state index contributed by atoms with van der Waals surface area (Å²) in [6.07, 6.45) is 2.91. The molecule has 0 unspecified atom stereocenters. The van der Waals surface area contributed by atoms with E-state index in [1.807, 2.05) is 4.90 Å². The molecule has 1 saturated heterocycles. The highest BCUT2D eigenvalue weighted by atomic mass is 16.2. The number of fused-ring (bicyclic) bond motifs is 1. The summed E-state index contributed by atoms with van der Waals surface area (Å²) < 4.78 is 0. The normalized spacial score (nSPS) is 19.9. The van der Waals surface area contributed by atoms with Crippen LogP contribution in [0.2, 0.25) is 0 Å². The smallest absolute Gasteiger partial charge is 0.223 e. The first-order valence-electron chi connectivity index (χ1n) is 6.88. The van der Waals surface area contributed by atoms with E-state index in [1.54, 1.807) is 0 Å². The molecule has 0 atom stereocenters. The molecule has 0 radical (unpaired) electrons. The van der Waals surface area contributed by atoms with Gasteiger partial charge in [-0.3, -0.25) is 4.79 Å². The van der Waals surface area contributed by atoms with Crippen molar-refractivity contribution in [3.63, 3.8) is 0 Å². The molecule has 3 nitrogen and oxygen atoms in total. The number of hydrogen-bond donors (Lipinski definition) is 1. The highest BCUT2D eigenvalue weighted by molar-refractivity contribution is 5.76. The number of aryl methyl sites for hydroxylation is 1. The fourth-order valence-electron chi connectivity index (χ4n) is 2.78. The molecule has 2 aliphatic heterocycles. The Bertz CT molecular complexity index is 440. The van der Waals surface area contributed by atoms with E-state index in [0.717, 1.165) is 45.4 Å². The molecule has 0 aromatic heterocycles. The number of hydrogen-bond acceptors (Lipinski definition) is 2. The molecule has 3 heteroatoms. The summed E-state index contributed by atoms with van der Waals surface area (Å²) in [6.45, 7) is 3.73. The van der Waals surface area contributed by atoms with E-state index in [1.165, 1.54) is 11.1 Å². The predicted octanol–water partition coefficient (Wildman–Crippen LogP) is 1.57. The predicted molar refractivity (Wildman–Crippen MR) is 71.2 cm³/mol. The van der Waals surface area contributed by atoms with Gasteiger partial charge >= 0.3 is 0 Å². The Kier molecular flexibility index (Phi) is 3.33. The van der Waals surface area contributed by atoms with Crippen molar-refractivity contribution >= 4 is 5.91 Å². The van der Waals surface area contributed by atoms with E-state index < -0.39 is 0 Å². The van der Waals surface area contributed by atoms with E-state index in [-0.39, 0.29) is 0 Å². The summed E-state index contributed by atoms with van der Waals surface area (Å²) in [5, 5.41) is 3.23. The molecule has 1 aromatic carbocycles. The van der Waals surface area contributed by atoms with Gasteiger partial charge in [0.05, 0.1) is 0 Å². The van der Waals surface area contributed by atoms with Crippen molar-refractivity contribution in [1.29, 1.82) is 0 Å². The molecule has 2 heterocycles. The summed E-state index contributed by atoms with van der Waals surface area (Å²) in [4.78, 5) is 14.3. The van der Waals surface area contributed by atoms with Crippen LogP contribution >= 0.6 is 0 Å². The van der Waals surface area contributed by atoms with Gasteiger partial charge in [-0.2, -0.15) is 0 Å². The molecule has 0 bridgehead atoms. The Hall–Kier alpha value is -1.35. The average molecular weight is 244 g/mol. The molecular formula is C15H20N2O. The highest BCUT2D eigenvalue weighted by Crippen LogP contribution is 2.20. The minimum absolute atomic E-state index is 0.332. The number of carbonyl (C=O) groups is 1. The van der Waals surface area contributed by atoms with Gasteiger partial charge in [0.1, 0.15) is 0 Å². The van der Waals surface area contributed by atoms with Gasteiger partial charge in [0.2, 0.25) is 5.91 Å². The molecule has 18 heavy (non-hydrogen) atoms. The largest absolute Gasteiger partial charge is 0.338 e. The zero-order valence-corrected chi connectivity index (χ0v) is 10.7. The molecule has 1 amide bonds. The quantitative estimate of drug-likeness (QED) is 0.856. The van der Waals surface area contributed by atoms with Crippen LogP contribution in [-0.2, 0) is 17.8 Å². The first kappa shape index (κ1) is 11.7. The zero-order valence-electron chi connectivity index (χ0n) is 10.7. The lowest BCUT2D eigenvalue weighted by Gasteiger charge is -2.29. The topological polar surface area (TPSA) is 32.3 Å². The van der Waals surface area contributed by atoms with Crippen molar-refractivity contribution in [2.75, 3.05) is 19.6 Å². The van der Waals surface area contributed by atoms with Gasteiger partial charge in [-0.05, 0) is 43.0 Å². The van der Waals surface area contributed by atoms with Crippen molar-refractivity contribution in [1.82, 2.24) is 10.2 Å². The number of nitrogens with one attached hydrogen (secondary N) is 1. The minimum Gasteiger partial charge on any atom is -0.338 e. The maximum atomic E-state index is 12.3. The Morgan fingerprint density at radius 3 is 2.78 bits per heavy atom. The second-order valence-corrected chi connectivity index (χ2v) is 5.42. The van der Waals surface area contributed by atoms with Gasteiger partial charge < -0.3 is 10.2 Å². The van der Waals surface area contributed by atoms with Crippen LogP contribution in [0.3, 0.4) is 0 Å². The van der Waals surface area contributed by atoms with E-state index in [9.17, 15) is 4.79 Å². The highest BCUT2D eigenvalue weighted by Gasteiger charge is 2.24. The lowest BCUT2D eigenvalue weighted by Crippen LogP contribution is -2.45. The maximum Gasteiger partial charge on any atom is 0.223 e. The van der Waals surface area contributed by atoms with Gasteiger partial charge in [-0.25, -0.2) is 0 Å². The monoisotopic (exact) mass is 244 g/mol. The second-order valence-electron chi connectivity index (χ2n) is 5.42. The lowest BCUT2D eigenvalue weighted by molar-refractivity contribution is -0.133. The van der Waals surface area contributed by atoms with E-state index in [4.69, 9.17) is 0 Å². The van der Waals surface area contributed by atoms with Gasteiger partial charge in [0.25, 0.3) is 0 Å². The number of nitrogens with zero attached hydrogens (tertiary/aromatic N) is 1. The van der Waals surface area contributed by atoms with Crippen molar-refractivity contribution < 1.29 is 4.79 Å². The van der Waals surface area contributed by atoms with Crippen molar-refractivity contribution in [3.8, 4) is 0 Å². The van der Waals surface area contributed by atoms with Crippen LogP contribution in [0.25, 0.3) is 0 Å². The van der Waals surface area contributed by atoms with Crippen LogP contribution < -0.4 is 5.32 Å². The Labute approximate surface area is 108 Å². The van der Waals surface area contributed by atoms with Crippen LogP contribution in [-0.4, -0.2) is 30.4 Å². The van der Waals surface area contributed by atoms with Crippen LogP contribution in [0.1, 0.15) is 24.0 Å². The third kappa shape index (κ3) is 2.41. The molecule has 0 aliphatic carbocycles. The molecule has 1 aromatic rings. The molecule has 96 valence electrons. The standard InChI is InChI=1S/C15H20N2O/c18-15(8-12-9-16-10-12)17-7-3-6-13-4-1-2-5-14(13)11-17/h1-2,4-5,12,16H,3,6-11H2. The molecule has 3 rings (SSSR count). The average Bonchev–Trinajstić information content (AvgIpc) is 2.55. The van der Waals surface area contributed by atoms with Crippen LogP contribution in [0.4, 0.5) is 0 Å². The summed E-state index contributed by atoms with van der Waals surface area (Å²) >= 11 is 0. The number of benzene rings is 1. The molecule has 1 fully saturated rings. The van der Waals surface area contributed by atoms with Gasteiger partial charge in [0, 0.05) is 19.5 Å². The van der Waals surface area contributed by atoms with Crippen molar-refractivity contribution in [2.45, 2.75) is 25.8 Å². The van der Waals surface area contributed by atoms with Crippen molar-refractivity contribution in [2.24, 2.45) is 5.92 Å². The van der Waals surface area contributed by atoms with E-state index in [0.29, 0.717) is 11.8 Å². The van der Waals surface area contributed by atoms with Gasteiger partial charge in [-0.1, -0.05) is 24.3 Å². The second kappa shape index (κ2) is 5.11. The van der Waals surface area contributed by atoms with Gasteiger partial charge in [-0.15, -0.1) is 0 Å². The number of carbonyl (C=O) groups excluding carboxylic acids is 1. The Morgan fingerprint density at radius 2 is 2.06 bits per heavy atom. The maximum absolute atomic E-state index is 12.3. The fourth-order valence-corrected chi connectivity index (χ4v) is 2.78. The Balaban J connectivity index is 1.68. The third-order valence-electron chi connectivity index (χ3n) is 4.04. The molecule has 1 N–H and O–H groups in total. The Morgan fingerprint density at radius 1 is 1.28 bits per heavy atom. The third-order valence-corrected chi connectivity index (χ3v) is 4.04. The van der Waals surface area contributed by atoms with Crippen molar-refractivity contribution in [3.05, 3.63) is 35.4 Å². The van der Waals surface area contributed by atoms with Crippen LogP contribution in [0.5, 0.6) is 0 Å². The lowest BCUT2D eigenvalue weighted by atomic mass is 9.98. The molecule has 0 spiro atoms. The first-order chi connectivity index (χ1) is 8.83. The first-order valence-corrected chi connectivity index (χ1v) is 6.88. The fraction of sp³-hybridized carbons (Fsp3) is 0.533. The molecular weight excluding hydrogens is 224 g/mol. The zero-order chi connectivity index (χ0) is 12.4. The minimum atomic E-state index is 0.332. The number of rotatable bonds is 2. The number of amides is 1. The molecule has 2 aliphatic rings. The van der Waals surface area contributed by atoms with E-state index in [2.05, 4.69) is 29.6 Å². The van der Waals surface area contributed by atoms with Crippen LogP contribution in [0, 0.1) is 5.92 Å². The van der Waals surface area contributed by atoms with Gasteiger partial charge in [0.15, 0.2) is 0 Å². The SMILES string of the molecule is O=C(CC1CNC1)N1CCCc2ccccc2C1. The van der Waals surface area contributed by atoms with Crippen LogP contribution in [0.15, 0.2) is 24.3 Å². The summed E-state index contributed by atoms with van der Waals surface area (Å²) in [5.41, 5.74) is 2.74. The molecule has 0 saturated carbocycles. The summed E-state index contributed by atoms with van der Waals surface area (Å²) in [5.74, 6) is 0.897. The van der Waals surface area contributed by atoms with E-state index >= 15 is 0 Å². The summed E-state index contributed by atoms with van der Waals surface area (Å²) in [6, 6.07) is 8.52. The summed E-state index contributed by atoms with van der Waals surface area (Å²) in [7, 11) is 0.